The first-order chi connectivity index (χ1) is 14.9. The van der Waals surface area contributed by atoms with Crippen LogP contribution in [0.2, 0.25) is 0 Å². The number of nitrogens with zero attached hydrogens (tertiary/aromatic N) is 4. The van der Waals surface area contributed by atoms with E-state index in [1.54, 1.807) is 13.2 Å². The third kappa shape index (κ3) is 4.00. The molecule has 0 saturated heterocycles. The zero-order valence-corrected chi connectivity index (χ0v) is 19.0. The Morgan fingerprint density at radius 3 is 2.71 bits per heavy atom. The maximum Gasteiger partial charge on any atom is 0.332 e. The van der Waals surface area contributed by atoms with Gasteiger partial charge in [-0.2, -0.15) is 0 Å². The SMILES string of the molecule is CCCc1cnc2c(c1SCC(=O)Nc1nc3ccccc3s1)c(=O)n(C)c(=O)n2C. The Bertz CT molecular complexity index is 1390. The Hall–Kier alpha value is -2.98. The molecular weight excluding hydrogens is 434 g/mol. The van der Waals surface area contributed by atoms with Gasteiger partial charge in [-0.25, -0.2) is 14.8 Å². The number of pyridine rings is 1. The number of amides is 1. The molecule has 3 aromatic heterocycles. The summed E-state index contributed by atoms with van der Waals surface area (Å²) in [4.78, 5) is 47.3. The molecule has 4 rings (SSSR count). The number of carbonyl (C=O) groups excluding carboxylic acids is 1. The molecule has 0 aliphatic carbocycles. The maximum absolute atomic E-state index is 12.9. The highest BCUT2D eigenvalue weighted by Crippen LogP contribution is 2.30. The molecule has 0 bridgehead atoms. The van der Waals surface area contributed by atoms with E-state index in [2.05, 4.69) is 15.3 Å². The highest BCUT2D eigenvalue weighted by atomic mass is 32.2. The lowest BCUT2D eigenvalue weighted by atomic mass is 10.1. The van der Waals surface area contributed by atoms with Crippen molar-refractivity contribution in [3.8, 4) is 0 Å². The first-order valence-corrected chi connectivity index (χ1v) is 11.6. The van der Waals surface area contributed by atoms with Gasteiger partial charge in [0.2, 0.25) is 5.91 Å². The van der Waals surface area contributed by atoms with Crippen LogP contribution in [0.3, 0.4) is 0 Å². The van der Waals surface area contributed by atoms with Crippen molar-refractivity contribution in [3.05, 3.63) is 56.9 Å². The molecule has 0 aliphatic rings. The molecule has 0 atom stereocenters. The summed E-state index contributed by atoms with van der Waals surface area (Å²) in [5.41, 5.74) is 1.21. The largest absolute Gasteiger partial charge is 0.332 e. The Kier molecular flexibility index (Phi) is 5.92. The van der Waals surface area contributed by atoms with Crippen LogP contribution in [0.5, 0.6) is 0 Å². The molecule has 4 aromatic rings. The third-order valence-corrected chi connectivity index (χ3v) is 7.02. The summed E-state index contributed by atoms with van der Waals surface area (Å²) >= 11 is 2.70. The van der Waals surface area contributed by atoms with Gasteiger partial charge in [0.15, 0.2) is 5.13 Å². The van der Waals surface area contributed by atoms with Crippen LogP contribution in [0, 0.1) is 0 Å². The lowest BCUT2D eigenvalue weighted by Crippen LogP contribution is -2.37. The van der Waals surface area contributed by atoms with Gasteiger partial charge >= 0.3 is 5.69 Å². The third-order valence-electron chi connectivity index (χ3n) is 4.90. The minimum Gasteiger partial charge on any atom is -0.301 e. The number of aromatic nitrogens is 4. The quantitative estimate of drug-likeness (QED) is 0.449. The Morgan fingerprint density at radius 1 is 1.19 bits per heavy atom. The molecule has 31 heavy (non-hydrogen) atoms. The van der Waals surface area contributed by atoms with Gasteiger partial charge in [0.05, 0.1) is 21.4 Å². The average molecular weight is 456 g/mol. The number of rotatable bonds is 6. The molecule has 8 nitrogen and oxygen atoms in total. The minimum absolute atomic E-state index is 0.109. The molecule has 3 heterocycles. The molecule has 1 N–H and O–H groups in total. The Labute approximate surface area is 186 Å². The normalized spacial score (nSPS) is 11.3. The summed E-state index contributed by atoms with van der Waals surface area (Å²) in [7, 11) is 3.04. The predicted octanol–water partition coefficient (Wildman–Crippen LogP) is 2.93. The zero-order valence-electron chi connectivity index (χ0n) is 17.3. The van der Waals surface area contributed by atoms with E-state index in [1.807, 2.05) is 31.2 Å². The van der Waals surface area contributed by atoms with Crippen LogP contribution in [0.25, 0.3) is 21.3 Å². The lowest BCUT2D eigenvalue weighted by Gasteiger charge is -2.14. The summed E-state index contributed by atoms with van der Waals surface area (Å²) in [5, 5.41) is 3.75. The second kappa shape index (κ2) is 8.64. The average Bonchev–Trinajstić information content (AvgIpc) is 3.17. The van der Waals surface area contributed by atoms with Gasteiger partial charge in [0, 0.05) is 25.2 Å². The molecule has 1 aromatic carbocycles. The lowest BCUT2D eigenvalue weighted by molar-refractivity contribution is -0.113. The number of thioether (sulfide) groups is 1. The molecule has 160 valence electrons. The molecule has 0 spiro atoms. The van der Waals surface area contributed by atoms with Crippen molar-refractivity contribution in [3.63, 3.8) is 0 Å². The van der Waals surface area contributed by atoms with Gasteiger partial charge in [0.25, 0.3) is 5.56 Å². The van der Waals surface area contributed by atoms with Crippen molar-refractivity contribution in [2.45, 2.75) is 24.7 Å². The number of benzene rings is 1. The molecule has 10 heteroatoms. The van der Waals surface area contributed by atoms with Crippen molar-refractivity contribution < 1.29 is 4.79 Å². The zero-order chi connectivity index (χ0) is 22.1. The number of thiazole rings is 1. The summed E-state index contributed by atoms with van der Waals surface area (Å²) < 4.78 is 3.43. The van der Waals surface area contributed by atoms with Crippen LogP contribution in [0.4, 0.5) is 5.13 Å². The van der Waals surface area contributed by atoms with Gasteiger partial charge < -0.3 is 5.32 Å². The van der Waals surface area contributed by atoms with E-state index in [4.69, 9.17) is 0 Å². The number of anilines is 1. The van der Waals surface area contributed by atoms with Crippen LogP contribution in [0.1, 0.15) is 18.9 Å². The monoisotopic (exact) mass is 455 g/mol. The predicted molar refractivity (Wildman–Crippen MR) is 125 cm³/mol. The molecular formula is C21H21N5O3S2. The Balaban J connectivity index is 1.66. The van der Waals surface area contributed by atoms with Crippen molar-refractivity contribution in [2.75, 3.05) is 11.1 Å². The van der Waals surface area contributed by atoms with Crippen molar-refractivity contribution in [1.29, 1.82) is 0 Å². The number of aryl methyl sites for hydroxylation is 2. The first kappa shape index (κ1) is 21.3. The maximum atomic E-state index is 12.9. The first-order valence-electron chi connectivity index (χ1n) is 9.76. The van der Waals surface area contributed by atoms with Crippen molar-refractivity contribution in [2.24, 2.45) is 14.1 Å². The molecule has 0 saturated carbocycles. The second-order valence-corrected chi connectivity index (χ2v) is 9.11. The van der Waals surface area contributed by atoms with E-state index in [-0.39, 0.29) is 11.7 Å². The second-order valence-electron chi connectivity index (χ2n) is 7.09. The number of hydrogen-bond donors (Lipinski definition) is 1. The molecule has 0 radical (unpaired) electrons. The number of fused-ring (bicyclic) bond motifs is 2. The van der Waals surface area contributed by atoms with E-state index in [0.717, 1.165) is 33.2 Å². The van der Waals surface area contributed by atoms with Crippen LogP contribution in [-0.4, -0.2) is 30.8 Å². The number of hydrogen-bond acceptors (Lipinski definition) is 7. The molecule has 0 unspecified atom stereocenters. The summed E-state index contributed by atoms with van der Waals surface area (Å²) in [6, 6.07) is 7.69. The fourth-order valence-corrected chi connectivity index (χ4v) is 5.27. The van der Waals surface area contributed by atoms with E-state index >= 15 is 0 Å². The number of nitrogens with one attached hydrogen (secondary N) is 1. The highest BCUT2D eigenvalue weighted by molar-refractivity contribution is 8.00. The number of carbonyl (C=O) groups is 1. The topological polar surface area (TPSA) is 98.9 Å². The molecule has 0 aliphatic heterocycles. The van der Waals surface area contributed by atoms with Gasteiger partial charge in [-0.3, -0.25) is 18.7 Å². The number of para-hydroxylation sites is 1. The minimum atomic E-state index is -0.433. The standard InChI is InChI=1S/C21H21N5O3S2/c1-4-7-12-10-22-18-16(19(28)26(3)21(29)25(18)2)17(12)30-11-15(27)24-20-23-13-8-5-6-9-14(13)31-20/h5-6,8-10H,4,7,11H2,1-3H3,(H,23,24,27). The van der Waals surface area contributed by atoms with E-state index in [0.29, 0.717) is 21.1 Å². The van der Waals surface area contributed by atoms with Crippen LogP contribution >= 0.6 is 23.1 Å². The summed E-state index contributed by atoms with van der Waals surface area (Å²) in [6.45, 7) is 2.04. The molecule has 0 fully saturated rings. The van der Waals surface area contributed by atoms with Gasteiger partial charge in [0.1, 0.15) is 5.65 Å². The fraction of sp³-hybridized carbons (Fsp3) is 0.286. The fourth-order valence-electron chi connectivity index (χ4n) is 3.37. The Morgan fingerprint density at radius 2 is 1.97 bits per heavy atom. The van der Waals surface area contributed by atoms with Gasteiger partial charge in [-0.1, -0.05) is 36.8 Å². The summed E-state index contributed by atoms with van der Waals surface area (Å²) in [5.74, 6) is -0.101. The van der Waals surface area contributed by atoms with Crippen molar-refractivity contribution >= 4 is 55.4 Å². The van der Waals surface area contributed by atoms with Gasteiger partial charge in [-0.15, -0.1) is 11.8 Å². The smallest absolute Gasteiger partial charge is 0.301 e. The van der Waals surface area contributed by atoms with E-state index in [1.165, 1.54) is 34.7 Å². The van der Waals surface area contributed by atoms with E-state index < -0.39 is 11.2 Å². The van der Waals surface area contributed by atoms with E-state index in [9.17, 15) is 14.4 Å². The van der Waals surface area contributed by atoms with Crippen LogP contribution in [0.15, 0.2) is 44.9 Å². The van der Waals surface area contributed by atoms with Crippen LogP contribution < -0.4 is 16.6 Å². The van der Waals surface area contributed by atoms with Crippen molar-refractivity contribution in [1.82, 2.24) is 19.1 Å². The summed E-state index contributed by atoms with van der Waals surface area (Å²) in [6.07, 6.45) is 3.28. The molecule has 1 amide bonds. The van der Waals surface area contributed by atoms with Crippen LogP contribution in [-0.2, 0) is 25.3 Å². The highest BCUT2D eigenvalue weighted by Gasteiger charge is 2.18. The van der Waals surface area contributed by atoms with Gasteiger partial charge in [-0.05, 0) is 24.1 Å².